The zero-order valence-corrected chi connectivity index (χ0v) is 10.8. The van der Waals surface area contributed by atoms with Gasteiger partial charge in [0.25, 0.3) is 0 Å². The Hall–Kier alpha value is -1.07. The lowest BCUT2D eigenvalue weighted by atomic mass is 10.0. The monoisotopic (exact) mass is 254 g/mol. The molecule has 2 rings (SSSR count). The highest BCUT2D eigenvalue weighted by Gasteiger charge is 2.17. The van der Waals surface area contributed by atoms with Crippen molar-refractivity contribution in [2.75, 3.05) is 18.5 Å². The minimum Gasteiger partial charge on any atom is -0.398 e. The molecule has 1 aliphatic heterocycles. The quantitative estimate of drug-likeness (QED) is 0.788. The van der Waals surface area contributed by atoms with E-state index < -0.39 is 9.84 Å². The first-order valence-electron chi connectivity index (χ1n) is 5.78. The minimum atomic E-state index is -3.24. The first kappa shape index (κ1) is 12.4. The molecule has 0 radical (unpaired) electrons. The second kappa shape index (κ2) is 4.66. The molecule has 3 N–H and O–H groups in total. The van der Waals surface area contributed by atoms with Gasteiger partial charge in [-0.3, -0.25) is 0 Å². The van der Waals surface area contributed by atoms with Gasteiger partial charge in [0.1, 0.15) is 0 Å². The molecule has 5 heteroatoms. The van der Waals surface area contributed by atoms with E-state index in [1.165, 1.54) is 12.7 Å². The van der Waals surface area contributed by atoms with Gasteiger partial charge in [0, 0.05) is 12.3 Å². The van der Waals surface area contributed by atoms with Gasteiger partial charge >= 0.3 is 0 Å². The van der Waals surface area contributed by atoms with Crippen LogP contribution in [-0.4, -0.2) is 27.3 Å². The van der Waals surface area contributed by atoms with Crippen molar-refractivity contribution in [3.05, 3.63) is 23.8 Å². The molecule has 0 spiro atoms. The highest BCUT2D eigenvalue weighted by Crippen LogP contribution is 2.21. The van der Waals surface area contributed by atoms with Gasteiger partial charge in [-0.1, -0.05) is 6.07 Å². The Labute approximate surface area is 102 Å². The van der Waals surface area contributed by atoms with Crippen LogP contribution in [0.4, 0.5) is 5.69 Å². The van der Waals surface area contributed by atoms with E-state index in [4.69, 9.17) is 5.73 Å². The van der Waals surface area contributed by atoms with E-state index in [-0.39, 0.29) is 4.90 Å². The van der Waals surface area contributed by atoms with Gasteiger partial charge in [-0.2, -0.15) is 0 Å². The van der Waals surface area contributed by atoms with Crippen molar-refractivity contribution in [3.63, 3.8) is 0 Å². The van der Waals surface area contributed by atoms with Crippen LogP contribution in [0.1, 0.15) is 18.4 Å². The van der Waals surface area contributed by atoms with Crippen LogP contribution in [0.15, 0.2) is 23.1 Å². The molecule has 1 atom stereocenters. The number of nitrogens with two attached hydrogens (primary N) is 1. The fourth-order valence-electron chi connectivity index (χ4n) is 2.24. The van der Waals surface area contributed by atoms with E-state index >= 15 is 0 Å². The molecular formula is C12H18N2O2S. The third kappa shape index (κ3) is 2.98. The highest BCUT2D eigenvalue weighted by molar-refractivity contribution is 7.90. The molecule has 1 aliphatic rings. The first-order chi connectivity index (χ1) is 7.97. The molecule has 0 aliphatic carbocycles. The minimum absolute atomic E-state index is 0.244. The molecule has 4 nitrogen and oxygen atoms in total. The average molecular weight is 254 g/mol. The van der Waals surface area contributed by atoms with Crippen molar-refractivity contribution >= 4 is 15.5 Å². The second-order valence-corrected chi connectivity index (χ2v) is 6.63. The average Bonchev–Trinajstić information content (AvgIpc) is 2.72. The molecule has 1 fully saturated rings. The SMILES string of the molecule is CS(=O)(=O)c1cc(CC2CCCN2)ccc1N. The highest BCUT2D eigenvalue weighted by atomic mass is 32.2. The Morgan fingerprint density at radius 1 is 1.47 bits per heavy atom. The Bertz CT molecular complexity index is 505. The van der Waals surface area contributed by atoms with E-state index in [1.807, 2.05) is 6.07 Å². The Morgan fingerprint density at radius 2 is 2.24 bits per heavy atom. The van der Waals surface area contributed by atoms with Crippen LogP contribution in [0.3, 0.4) is 0 Å². The standard InChI is InChI=1S/C12H18N2O2S/c1-17(15,16)12-8-9(4-5-11(12)13)7-10-3-2-6-14-10/h4-5,8,10,14H,2-3,6-7,13H2,1H3. The van der Waals surface area contributed by atoms with E-state index in [9.17, 15) is 8.42 Å². The first-order valence-corrected chi connectivity index (χ1v) is 7.68. The van der Waals surface area contributed by atoms with Crippen LogP contribution in [0, 0.1) is 0 Å². The summed E-state index contributed by atoms with van der Waals surface area (Å²) in [6.07, 6.45) is 4.40. The van der Waals surface area contributed by atoms with Crippen molar-refractivity contribution in [2.45, 2.75) is 30.2 Å². The van der Waals surface area contributed by atoms with E-state index in [1.54, 1.807) is 12.1 Å². The summed E-state index contributed by atoms with van der Waals surface area (Å²) in [4.78, 5) is 0.244. The van der Waals surface area contributed by atoms with Crippen LogP contribution in [0.2, 0.25) is 0 Å². The molecule has 94 valence electrons. The summed E-state index contributed by atoms with van der Waals surface area (Å²) in [6, 6.07) is 5.75. The van der Waals surface area contributed by atoms with E-state index in [2.05, 4.69) is 5.32 Å². The molecule has 0 saturated carbocycles. The smallest absolute Gasteiger partial charge is 0.177 e. The molecule has 17 heavy (non-hydrogen) atoms. The maximum absolute atomic E-state index is 11.5. The van der Waals surface area contributed by atoms with Gasteiger partial charge < -0.3 is 11.1 Å². The second-order valence-electron chi connectivity index (χ2n) is 4.64. The van der Waals surface area contributed by atoms with Crippen molar-refractivity contribution in [1.29, 1.82) is 0 Å². The lowest BCUT2D eigenvalue weighted by molar-refractivity contribution is 0.597. The molecule has 0 bridgehead atoms. The largest absolute Gasteiger partial charge is 0.398 e. The van der Waals surface area contributed by atoms with Gasteiger partial charge in [-0.05, 0) is 43.5 Å². The number of rotatable bonds is 3. The summed E-state index contributed by atoms with van der Waals surface area (Å²) in [6.45, 7) is 1.05. The van der Waals surface area contributed by atoms with Gasteiger partial charge in [0.15, 0.2) is 9.84 Å². The van der Waals surface area contributed by atoms with Crippen LogP contribution < -0.4 is 11.1 Å². The number of anilines is 1. The molecule has 1 aromatic rings. The molecular weight excluding hydrogens is 236 g/mol. The van der Waals surface area contributed by atoms with Crippen LogP contribution in [-0.2, 0) is 16.3 Å². The zero-order valence-electron chi connectivity index (χ0n) is 9.94. The number of benzene rings is 1. The summed E-state index contributed by atoms with van der Waals surface area (Å²) in [5, 5.41) is 3.40. The summed E-state index contributed by atoms with van der Waals surface area (Å²) in [5.74, 6) is 0. The van der Waals surface area contributed by atoms with Crippen LogP contribution >= 0.6 is 0 Å². The summed E-state index contributed by atoms with van der Waals surface area (Å²) >= 11 is 0. The van der Waals surface area contributed by atoms with Gasteiger partial charge in [0.2, 0.25) is 0 Å². The fraction of sp³-hybridized carbons (Fsp3) is 0.500. The van der Waals surface area contributed by atoms with Gasteiger partial charge in [0.05, 0.1) is 10.6 Å². The molecule has 1 heterocycles. The summed E-state index contributed by atoms with van der Waals surface area (Å²) in [7, 11) is -3.24. The van der Waals surface area contributed by atoms with Gasteiger partial charge in [-0.25, -0.2) is 8.42 Å². The number of hydrogen-bond donors (Lipinski definition) is 2. The van der Waals surface area contributed by atoms with E-state index in [0.29, 0.717) is 11.7 Å². The lowest BCUT2D eigenvalue weighted by Crippen LogP contribution is -2.23. The third-order valence-electron chi connectivity index (χ3n) is 3.12. The third-order valence-corrected chi connectivity index (χ3v) is 4.27. The normalized spacial score (nSPS) is 20.6. The van der Waals surface area contributed by atoms with Gasteiger partial charge in [-0.15, -0.1) is 0 Å². The Balaban J connectivity index is 2.24. The molecule has 1 unspecified atom stereocenters. The topological polar surface area (TPSA) is 72.2 Å². The number of hydrogen-bond acceptors (Lipinski definition) is 4. The molecule has 0 aromatic heterocycles. The number of nitrogen functional groups attached to an aromatic ring is 1. The van der Waals surface area contributed by atoms with Crippen molar-refractivity contribution < 1.29 is 8.42 Å². The zero-order chi connectivity index (χ0) is 12.5. The Kier molecular flexibility index (Phi) is 3.40. The maximum Gasteiger partial charge on any atom is 0.177 e. The number of sulfone groups is 1. The molecule has 0 amide bonds. The molecule has 1 aromatic carbocycles. The number of nitrogens with one attached hydrogen (secondary N) is 1. The predicted molar refractivity (Wildman–Crippen MR) is 68.7 cm³/mol. The van der Waals surface area contributed by atoms with Crippen molar-refractivity contribution in [3.8, 4) is 0 Å². The summed E-state index contributed by atoms with van der Waals surface area (Å²) < 4.78 is 23.1. The molecule has 1 saturated heterocycles. The van der Waals surface area contributed by atoms with Crippen LogP contribution in [0.25, 0.3) is 0 Å². The summed E-state index contributed by atoms with van der Waals surface area (Å²) in [5.41, 5.74) is 7.05. The lowest BCUT2D eigenvalue weighted by Gasteiger charge is -2.12. The fourth-order valence-corrected chi connectivity index (χ4v) is 3.10. The maximum atomic E-state index is 11.5. The predicted octanol–water partition coefficient (Wildman–Crippen LogP) is 0.967. The van der Waals surface area contributed by atoms with Crippen molar-refractivity contribution in [1.82, 2.24) is 5.32 Å². The van der Waals surface area contributed by atoms with Crippen LogP contribution in [0.5, 0.6) is 0 Å². The Morgan fingerprint density at radius 3 is 2.82 bits per heavy atom. The van der Waals surface area contributed by atoms with E-state index in [0.717, 1.165) is 24.9 Å². The van der Waals surface area contributed by atoms with Crippen molar-refractivity contribution in [2.24, 2.45) is 0 Å².